The summed E-state index contributed by atoms with van der Waals surface area (Å²) in [6, 6.07) is 10.2. The number of hydrogen-bond acceptors (Lipinski definition) is 7. The molecule has 8 heteroatoms. The van der Waals surface area contributed by atoms with E-state index in [-0.39, 0.29) is 5.82 Å². The molecule has 7 nitrogen and oxygen atoms in total. The number of aromatic nitrogens is 3. The zero-order valence-corrected chi connectivity index (χ0v) is 15.8. The second kappa shape index (κ2) is 7.63. The lowest BCUT2D eigenvalue weighted by Crippen LogP contribution is -2.37. The van der Waals surface area contributed by atoms with Gasteiger partial charge in [-0.1, -0.05) is 6.07 Å². The molecule has 0 saturated carbocycles. The van der Waals surface area contributed by atoms with Crippen LogP contribution >= 0.6 is 0 Å². The average Bonchev–Trinajstić information content (AvgIpc) is 3.19. The number of benzene rings is 1. The summed E-state index contributed by atoms with van der Waals surface area (Å²) in [7, 11) is 0. The molecule has 0 radical (unpaired) electrons. The van der Waals surface area contributed by atoms with Gasteiger partial charge in [-0.3, -0.25) is 4.98 Å². The van der Waals surface area contributed by atoms with E-state index in [0.717, 1.165) is 17.1 Å². The van der Waals surface area contributed by atoms with Crippen LogP contribution in [0.2, 0.25) is 0 Å². The van der Waals surface area contributed by atoms with Gasteiger partial charge in [-0.25, -0.2) is 4.39 Å². The Hall–Kier alpha value is -3.26. The predicted octanol–water partition coefficient (Wildman–Crippen LogP) is 3.33. The molecule has 0 aliphatic carbocycles. The summed E-state index contributed by atoms with van der Waals surface area (Å²) in [5, 5.41) is 0. The minimum absolute atomic E-state index is 0.273. The van der Waals surface area contributed by atoms with Crippen molar-refractivity contribution in [3.8, 4) is 11.6 Å². The fourth-order valence-corrected chi connectivity index (χ4v) is 3.62. The van der Waals surface area contributed by atoms with E-state index < -0.39 is 0 Å². The Balaban J connectivity index is 1.58. The van der Waals surface area contributed by atoms with E-state index >= 15 is 0 Å². The summed E-state index contributed by atoms with van der Waals surface area (Å²) >= 11 is 0. The first-order valence-electron chi connectivity index (χ1n) is 9.62. The van der Waals surface area contributed by atoms with Crippen LogP contribution in [0, 0.1) is 5.82 Å². The molecular weight excluding hydrogens is 373 g/mol. The van der Waals surface area contributed by atoms with E-state index in [2.05, 4.69) is 9.88 Å². The van der Waals surface area contributed by atoms with Crippen molar-refractivity contribution in [3.63, 3.8) is 0 Å². The van der Waals surface area contributed by atoms with Crippen molar-refractivity contribution in [3.05, 3.63) is 60.2 Å². The Morgan fingerprint density at radius 3 is 2.72 bits per heavy atom. The molecule has 0 amide bonds. The second-order valence-electron chi connectivity index (χ2n) is 6.90. The van der Waals surface area contributed by atoms with Crippen molar-refractivity contribution in [2.75, 3.05) is 42.6 Å². The molecule has 2 aliphatic heterocycles. The van der Waals surface area contributed by atoms with Crippen LogP contribution in [-0.4, -0.2) is 47.8 Å². The number of morpholine rings is 1. The van der Waals surface area contributed by atoms with Crippen LogP contribution in [0.3, 0.4) is 0 Å². The molecule has 148 valence electrons. The summed E-state index contributed by atoms with van der Waals surface area (Å²) in [5.41, 5.74) is 1.68. The Morgan fingerprint density at radius 1 is 1.03 bits per heavy atom. The fraction of sp³-hybridized carbons (Fsp3) is 0.286. The molecule has 1 saturated heterocycles. The van der Waals surface area contributed by atoms with Crippen LogP contribution in [0.5, 0.6) is 11.6 Å². The van der Waals surface area contributed by atoms with Gasteiger partial charge in [0.15, 0.2) is 0 Å². The van der Waals surface area contributed by atoms with Crippen LogP contribution in [0.25, 0.3) is 0 Å². The Kier molecular flexibility index (Phi) is 4.69. The average molecular weight is 393 g/mol. The topological polar surface area (TPSA) is 63.6 Å². The van der Waals surface area contributed by atoms with Crippen LogP contribution < -0.4 is 14.5 Å². The van der Waals surface area contributed by atoms with Crippen molar-refractivity contribution >= 4 is 17.5 Å². The van der Waals surface area contributed by atoms with Crippen LogP contribution in [0.1, 0.15) is 5.56 Å². The third kappa shape index (κ3) is 3.58. The van der Waals surface area contributed by atoms with Gasteiger partial charge in [0.1, 0.15) is 17.4 Å². The number of fused-ring (bicyclic) bond motifs is 1. The highest BCUT2D eigenvalue weighted by Crippen LogP contribution is 2.40. The van der Waals surface area contributed by atoms with E-state index in [0.29, 0.717) is 56.8 Å². The molecule has 2 aromatic heterocycles. The molecule has 4 heterocycles. The van der Waals surface area contributed by atoms with Gasteiger partial charge in [-0.05, 0) is 36.8 Å². The molecule has 5 rings (SSSR count). The smallest absolute Gasteiger partial charge is 0.230 e. The van der Waals surface area contributed by atoms with Crippen LogP contribution in [-0.2, 0) is 11.2 Å². The number of ether oxygens (including phenoxy) is 2. The van der Waals surface area contributed by atoms with E-state index in [4.69, 9.17) is 19.4 Å². The first kappa shape index (κ1) is 17.8. The maximum Gasteiger partial charge on any atom is 0.230 e. The molecule has 1 aromatic carbocycles. The standard InChI is InChI=1S/C21H20FN5O2/c22-15-3-1-4-16(13-15)27-8-6-18-19(27)24-21(26-9-11-28-12-10-26)25-20(18)29-17-5-2-7-23-14-17/h1-5,7,13-14H,6,8-12H2. The zero-order valence-electron chi connectivity index (χ0n) is 15.8. The van der Waals surface area contributed by atoms with Gasteiger partial charge in [0.2, 0.25) is 11.8 Å². The number of hydrogen-bond donors (Lipinski definition) is 0. The van der Waals surface area contributed by atoms with Gasteiger partial charge in [0, 0.05) is 31.5 Å². The minimum Gasteiger partial charge on any atom is -0.437 e. The van der Waals surface area contributed by atoms with Crippen LogP contribution in [0.15, 0.2) is 48.8 Å². The third-order valence-electron chi connectivity index (χ3n) is 5.04. The lowest BCUT2D eigenvalue weighted by molar-refractivity contribution is 0.122. The first-order chi connectivity index (χ1) is 14.3. The minimum atomic E-state index is -0.273. The molecule has 0 bridgehead atoms. The summed E-state index contributed by atoms with van der Waals surface area (Å²) in [4.78, 5) is 17.8. The van der Waals surface area contributed by atoms with E-state index in [1.54, 1.807) is 18.5 Å². The van der Waals surface area contributed by atoms with Crippen molar-refractivity contribution in [1.82, 2.24) is 15.0 Å². The van der Waals surface area contributed by atoms with Gasteiger partial charge in [0.25, 0.3) is 0 Å². The third-order valence-corrected chi connectivity index (χ3v) is 5.04. The summed E-state index contributed by atoms with van der Waals surface area (Å²) < 4.78 is 25.4. The maximum atomic E-state index is 13.8. The van der Waals surface area contributed by atoms with Crippen molar-refractivity contribution in [2.45, 2.75) is 6.42 Å². The molecule has 0 N–H and O–H groups in total. The van der Waals surface area contributed by atoms with Gasteiger partial charge < -0.3 is 19.3 Å². The normalized spacial score (nSPS) is 16.0. The predicted molar refractivity (Wildman–Crippen MR) is 106 cm³/mol. The molecular formula is C21H20FN5O2. The highest BCUT2D eigenvalue weighted by molar-refractivity contribution is 5.69. The van der Waals surface area contributed by atoms with Crippen LogP contribution in [0.4, 0.5) is 21.8 Å². The van der Waals surface area contributed by atoms with E-state index in [9.17, 15) is 4.39 Å². The van der Waals surface area contributed by atoms with Crippen molar-refractivity contribution in [2.24, 2.45) is 0 Å². The summed E-state index contributed by atoms with van der Waals surface area (Å²) in [5.74, 6) is 2.21. The van der Waals surface area contributed by atoms with Crippen molar-refractivity contribution in [1.29, 1.82) is 0 Å². The SMILES string of the molecule is Fc1cccc(N2CCc3c(Oc4cccnc4)nc(N4CCOCC4)nc32)c1. The van der Waals surface area contributed by atoms with Gasteiger partial charge in [-0.2, -0.15) is 9.97 Å². The molecule has 1 fully saturated rings. The Morgan fingerprint density at radius 2 is 1.93 bits per heavy atom. The fourth-order valence-electron chi connectivity index (χ4n) is 3.62. The quantitative estimate of drug-likeness (QED) is 0.674. The summed E-state index contributed by atoms with van der Waals surface area (Å²) in [6.07, 6.45) is 4.06. The second-order valence-corrected chi connectivity index (χ2v) is 6.90. The molecule has 0 atom stereocenters. The highest BCUT2D eigenvalue weighted by Gasteiger charge is 2.30. The lowest BCUT2D eigenvalue weighted by atomic mass is 10.2. The maximum absolute atomic E-state index is 13.8. The molecule has 0 unspecified atom stereocenters. The van der Waals surface area contributed by atoms with E-state index in [1.165, 1.54) is 12.1 Å². The number of rotatable bonds is 4. The molecule has 2 aliphatic rings. The Labute approximate surface area is 167 Å². The lowest BCUT2D eigenvalue weighted by Gasteiger charge is -2.28. The Bertz CT molecular complexity index is 1010. The number of nitrogens with zero attached hydrogens (tertiary/aromatic N) is 5. The van der Waals surface area contributed by atoms with E-state index in [1.807, 2.05) is 23.1 Å². The number of halogens is 1. The molecule has 29 heavy (non-hydrogen) atoms. The van der Waals surface area contributed by atoms with Gasteiger partial charge in [0.05, 0.1) is 25.0 Å². The van der Waals surface area contributed by atoms with Gasteiger partial charge in [-0.15, -0.1) is 0 Å². The first-order valence-corrected chi connectivity index (χ1v) is 9.62. The summed E-state index contributed by atoms with van der Waals surface area (Å²) in [6.45, 7) is 3.37. The molecule has 3 aromatic rings. The number of anilines is 3. The van der Waals surface area contributed by atoms with Gasteiger partial charge >= 0.3 is 0 Å². The van der Waals surface area contributed by atoms with Crippen molar-refractivity contribution < 1.29 is 13.9 Å². The highest BCUT2D eigenvalue weighted by atomic mass is 19.1. The monoisotopic (exact) mass is 393 g/mol. The number of pyridine rings is 1. The largest absolute Gasteiger partial charge is 0.437 e. The molecule has 0 spiro atoms. The zero-order chi connectivity index (χ0) is 19.6.